The number of benzene rings is 8. The molecule has 0 bridgehead atoms. The molecular weight excluding hydrogens is 639 g/mol. The van der Waals surface area contributed by atoms with Crippen molar-refractivity contribution in [2.45, 2.75) is 0 Å². The van der Waals surface area contributed by atoms with Crippen LogP contribution in [0.3, 0.4) is 0 Å². The van der Waals surface area contributed by atoms with E-state index >= 15 is 0 Å². The second kappa shape index (κ2) is 11.2. The minimum absolute atomic E-state index is 0.841. The van der Waals surface area contributed by atoms with Crippen LogP contribution < -0.4 is 4.90 Å². The van der Waals surface area contributed by atoms with Crippen LogP contribution in [-0.4, -0.2) is 0 Å². The van der Waals surface area contributed by atoms with E-state index in [-0.39, 0.29) is 0 Å². The highest BCUT2D eigenvalue weighted by atomic mass is 16.3. The molecule has 0 aliphatic rings. The SMILES string of the molecule is c1ccc(N(c2ccccc2)c2cccc3oc4cc(-c5ccc6c(c5)oc5c(-c7cccc8oc9ccccc9c78)cccc56)ccc4c23)cc1. The maximum atomic E-state index is 6.74. The third-order valence-corrected chi connectivity index (χ3v) is 10.3. The van der Waals surface area contributed by atoms with E-state index in [2.05, 4.69) is 150 Å². The Kier molecular flexibility index (Phi) is 6.22. The van der Waals surface area contributed by atoms with Gasteiger partial charge in [0.25, 0.3) is 0 Å². The number of anilines is 3. The molecular formula is C48H29NO3. The van der Waals surface area contributed by atoms with E-state index in [1.54, 1.807) is 0 Å². The summed E-state index contributed by atoms with van der Waals surface area (Å²) in [7, 11) is 0. The van der Waals surface area contributed by atoms with Crippen molar-refractivity contribution < 1.29 is 13.3 Å². The van der Waals surface area contributed by atoms with Crippen molar-refractivity contribution in [1.29, 1.82) is 0 Å². The average molecular weight is 668 g/mol. The molecule has 0 aliphatic heterocycles. The zero-order chi connectivity index (χ0) is 34.2. The Bertz CT molecular complexity index is 3090. The Morgan fingerprint density at radius 2 is 0.865 bits per heavy atom. The number of hydrogen-bond acceptors (Lipinski definition) is 4. The second-order valence-electron chi connectivity index (χ2n) is 13.2. The van der Waals surface area contributed by atoms with Gasteiger partial charge in [0.1, 0.15) is 33.5 Å². The van der Waals surface area contributed by atoms with E-state index in [1.165, 1.54) is 0 Å². The lowest BCUT2D eigenvalue weighted by atomic mass is 9.97. The summed E-state index contributed by atoms with van der Waals surface area (Å²) in [6.07, 6.45) is 0. The lowest BCUT2D eigenvalue weighted by Gasteiger charge is -2.26. The predicted molar refractivity (Wildman–Crippen MR) is 214 cm³/mol. The molecule has 11 aromatic rings. The highest BCUT2D eigenvalue weighted by Crippen LogP contribution is 2.45. The molecule has 0 unspecified atom stereocenters. The van der Waals surface area contributed by atoms with Gasteiger partial charge < -0.3 is 18.2 Å². The highest BCUT2D eigenvalue weighted by molar-refractivity contribution is 6.18. The maximum absolute atomic E-state index is 6.74. The first-order chi connectivity index (χ1) is 25.8. The van der Waals surface area contributed by atoms with Gasteiger partial charge in [-0.05, 0) is 89.5 Å². The Morgan fingerprint density at radius 3 is 1.63 bits per heavy atom. The number of nitrogens with zero attached hydrogens (tertiary/aromatic N) is 1. The van der Waals surface area contributed by atoms with E-state index < -0.39 is 0 Å². The predicted octanol–water partition coefficient (Wildman–Crippen LogP) is 14.2. The van der Waals surface area contributed by atoms with Gasteiger partial charge >= 0.3 is 0 Å². The largest absolute Gasteiger partial charge is 0.456 e. The summed E-state index contributed by atoms with van der Waals surface area (Å²) in [6.45, 7) is 0. The standard InChI is InChI=1S/C48H29NO3/c1-3-12-32(13-4-1)49(33-14-5-2-6-15-33)40-20-11-23-43-47(40)39-27-25-31(29-45(39)51-43)30-24-26-34-36-18-9-19-37(48(36)52-44(34)28-30)35-17-10-22-42-46(35)38-16-7-8-21-41(38)50-42/h1-29H. The van der Waals surface area contributed by atoms with Crippen molar-refractivity contribution >= 4 is 82.9 Å². The van der Waals surface area contributed by atoms with Gasteiger partial charge in [0.15, 0.2) is 0 Å². The van der Waals surface area contributed by atoms with Crippen LogP contribution in [0, 0.1) is 0 Å². The molecule has 4 nitrogen and oxygen atoms in total. The van der Waals surface area contributed by atoms with Crippen molar-refractivity contribution in [1.82, 2.24) is 0 Å². The van der Waals surface area contributed by atoms with E-state index in [0.717, 1.165) is 105 Å². The van der Waals surface area contributed by atoms with Crippen LogP contribution in [0.5, 0.6) is 0 Å². The van der Waals surface area contributed by atoms with Crippen molar-refractivity contribution in [2.24, 2.45) is 0 Å². The van der Waals surface area contributed by atoms with Gasteiger partial charge in [-0.25, -0.2) is 0 Å². The van der Waals surface area contributed by atoms with Gasteiger partial charge in [0, 0.05) is 43.9 Å². The zero-order valence-electron chi connectivity index (χ0n) is 27.9. The molecule has 0 atom stereocenters. The van der Waals surface area contributed by atoms with Crippen LogP contribution >= 0.6 is 0 Å². The first-order valence-electron chi connectivity index (χ1n) is 17.5. The molecule has 0 amide bonds. The fraction of sp³-hybridized carbons (Fsp3) is 0. The first kappa shape index (κ1) is 28.8. The molecule has 11 rings (SSSR count). The van der Waals surface area contributed by atoms with E-state index in [0.29, 0.717) is 0 Å². The Morgan fingerprint density at radius 1 is 0.327 bits per heavy atom. The normalized spacial score (nSPS) is 11.8. The van der Waals surface area contributed by atoms with Crippen LogP contribution in [0.15, 0.2) is 189 Å². The smallest absolute Gasteiger partial charge is 0.143 e. The number of para-hydroxylation sites is 4. The summed E-state index contributed by atoms with van der Waals surface area (Å²) in [6, 6.07) is 61.1. The summed E-state index contributed by atoms with van der Waals surface area (Å²) in [5.41, 5.74) is 12.7. The number of hydrogen-bond donors (Lipinski definition) is 0. The second-order valence-corrected chi connectivity index (χ2v) is 13.2. The summed E-state index contributed by atoms with van der Waals surface area (Å²) in [5.74, 6) is 0. The lowest BCUT2D eigenvalue weighted by molar-refractivity contribution is 0.668. The van der Waals surface area contributed by atoms with E-state index in [4.69, 9.17) is 13.3 Å². The monoisotopic (exact) mass is 667 g/mol. The molecule has 4 heteroatoms. The molecule has 0 spiro atoms. The molecule has 0 radical (unpaired) electrons. The molecule has 3 aromatic heterocycles. The van der Waals surface area contributed by atoms with Crippen molar-refractivity contribution in [3.63, 3.8) is 0 Å². The van der Waals surface area contributed by atoms with Gasteiger partial charge in [0.05, 0.1) is 11.1 Å². The van der Waals surface area contributed by atoms with Crippen molar-refractivity contribution in [3.8, 4) is 22.3 Å². The van der Waals surface area contributed by atoms with Crippen LogP contribution in [-0.2, 0) is 0 Å². The molecule has 0 saturated heterocycles. The Labute approximate surface area is 298 Å². The van der Waals surface area contributed by atoms with Crippen LogP contribution in [0.1, 0.15) is 0 Å². The molecule has 52 heavy (non-hydrogen) atoms. The molecule has 8 aromatic carbocycles. The van der Waals surface area contributed by atoms with Crippen LogP contribution in [0.2, 0.25) is 0 Å². The fourth-order valence-electron chi connectivity index (χ4n) is 7.94. The highest BCUT2D eigenvalue weighted by Gasteiger charge is 2.21. The third kappa shape index (κ3) is 4.34. The van der Waals surface area contributed by atoms with E-state index in [1.807, 2.05) is 30.3 Å². The molecule has 0 fully saturated rings. The quantitative estimate of drug-likeness (QED) is 0.183. The first-order valence-corrected chi connectivity index (χ1v) is 17.5. The Hall–Kier alpha value is -7.04. The lowest BCUT2D eigenvalue weighted by Crippen LogP contribution is -2.09. The number of furan rings is 3. The summed E-state index contributed by atoms with van der Waals surface area (Å²) in [5, 5.41) is 6.53. The fourth-order valence-corrected chi connectivity index (χ4v) is 7.94. The minimum Gasteiger partial charge on any atom is -0.456 e. The summed E-state index contributed by atoms with van der Waals surface area (Å²) >= 11 is 0. The van der Waals surface area contributed by atoms with Gasteiger partial charge in [0.2, 0.25) is 0 Å². The zero-order valence-corrected chi connectivity index (χ0v) is 27.9. The van der Waals surface area contributed by atoms with Gasteiger partial charge in [-0.3, -0.25) is 0 Å². The molecule has 244 valence electrons. The summed E-state index contributed by atoms with van der Waals surface area (Å²) in [4.78, 5) is 2.30. The van der Waals surface area contributed by atoms with E-state index in [9.17, 15) is 0 Å². The van der Waals surface area contributed by atoms with Gasteiger partial charge in [-0.2, -0.15) is 0 Å². The molecule has 0 N–H and O–H groups in total. The van der Waals surface area contributed by atoms with Crippen molar-refractivity contribution in [3.05, 3.63) is 176 Å². The average Bonchev–Trinajstić information content (AvgIpc) is 3.90. The molecule has 3 heterocycles. The number of fused-ring (bicyclic) bond motifs is 9. The molecule has 0 aliphatic carbocycles. The van der Waals surface area contributed by atoms with Gasteiger partial charge in [-0.15, -0.1) is 0 Å². The van der Waals surface area contributed by atoms with Crippen molar-refractivity contribution in [2.75, 3.05) is 4.90 Å². The number of rotatable bonds is 5. The summed E-state index contributed by atoms with van der Waals surface area (Å²) < 4.78 is 19.5. The van der Waals surface area contributed by atoms with Crippen LogP contribution in [0.25, 0.3) is 88.1 Å². The minimum atomic E-state index is 0.841. The topological polar surface area (TPSA) is 42.7 Å². The van der Waals surface area contributed by atoms with Gasteiger partial charge in [-0.1, -0.05) is 103 Å². The molecule has 0 saturated carbocycles. The third-order valence-electron chi connectivity index (χ3n) is 10.3. The van der Waals surface area contributed by atoms with Crippen LogP contribution in [0.4, 0.5) is 17.1 Å². The Balaban J connectivity index is 1.04. The maximum Gasteiger partial charge on any atom is 0.143 e.